The molecule has 6 nitrogen and oxygen atoms in total. The van der Waals surface area contributed by atoms with E-state index in [0.717, 1.165) is 17.0 Å². The van der Waals surface area contributed by atoms with Crippen molar-refractivity contribution in [3.63, 3.8) is 0 Å². The summed E-state index contributed by atoms with van der Waals surface area (Å²) in [6.07, 6.45) is 0.876. The van der Waals surface area contributed by atoms with Crippen LogP contribution in [0.2, 0.25) is 0 Å². The Morgan fingerprint density at radius 1 is 1.03 bits per heavy atom. The van der Waals surface area contributed by atoms with E-state index in [-0.39, 0.29) is 5.91 Å². The van der Waals surface area contributed by atoms with E-state index in [2.05, 4.69) is 41.6 Å². The molecule has 1 aromatic heterocycles. The standard InChI is InChI=1S/C23H26N4O2/c1-15-8-10-18(11-9-15)14-27-17(3)19(16(2)26-27)12-13-22(28)25-21-7-5-4-6-20(21)23(24)29/h4-11H,12-14H2,1-3H3,(H2,24,29)(H,25,28). The van der Waals surface area contributed by atoms with Gasteiger partial charge in [0.1, 0.15) is 0 Å². The number of rotatable bonds is 7. The first-order valence-electron chi connectivity index (χ1n) is 9.62. The van der Waals surface area contributed by atoms with Gasteiger partial charge in [-0.25, -0.2) is 0 Å². The fraction of sp³-hybridized carbons (Fsp3) is 0.261. The van der Waals surface area contributed by atoms with Gasteiger partial charge in [0.2, 0.25) is 5.91 Å². The topological polar surface area (TPSA) is 90.0 Å². The number of primary amides is 1. The van der Waals surface area contributed by atoms with E-state index in [9.17, 15) is 9.59 Å². The quantitative estimate of drug-likeness (QED) is 0.647. The van der Waals surface area contributed by atoms with Gasteiger partial charge in [-0.05, 0) is 50.5 Å². The van der Waals surface area contributed by atoms with Crippen molar-refractivity contribution in [1.82, 2.24) is 9.78 Å². The van der Waals surface area contributed by atoms with Crippen molar-refractivity contribution < 1.29 is 9.59 Å². The van der Waals surface area contributed by atoms with Crippen molar-refractivity contribution in [2.45, 2.75) is 40.2 Å². The maximum absolute atomic E-state index is 12.4. The van der Waals surface area contributed by atoms with Crippen LogP contribution in [0.4, 0.5) is 5.69 Å². The molecule has 2 amide bonds. The van der Waals surface area contributed by atoms with E-state index in [0.29, 0.717) is 30.6 Å². The van der Waals surface area contributed by atoms with E-state index in [1.807, 2.05) is 18.5 Å². The zero-order valence-electron chi connectivity index (χ0n) is 17.0. The van der Waals surface area contributed by atoms with Crippen LogP contribution in [-0.4, -0.2) is 21.6 Å². The number of aromatic nitrogens is 2. The number of carbonyl (C=O) groups excluding carboxylic acids is 2. The number of nitrogens with zero attached hydrogens (tertiary/aromatic N) is 2. The summed E-state index contributed by atoms with van der Waals surface area (Å²) in [5, 5.41) is 7.44. The normalized spacial score (nSPS) is 10.7. The third kappa shape index (κ3) is 4.90. The molecular weight excluding hydrogens is 364 g/mol. The first-order valence-corrected chi connectivity index (χ1v) is 9.62. The molecule has 0 atom stereocenters. The van der Waals surface area contributed by atoms with Gasteiger partial charge >= 0.3 is 0 Å². The van der Waals surface area contributed by atoms with E-state index in [4.69, 9.17) is 5.73 Å². The molecule has 150 valence electrons. The lowest BCUT2D eigenvalue weighted by molar-refractivity contribution is -0.116. The molecule has 29 heavy (non-hydrogen) atoms. The molecule has 0 unspecified atom stereocenters. The lowest BCUT2D eigenvalue weighted by Gasteiger charge is -2.09. The summed E-state index contributed by atoms with van der Waals surface area (Å²) in [4.78, 5) is 23.9. The van der Waals surface area contributed by atoms with Crippen LogP contribution >= 0.6 is 0 Å². The molecule has 0 bridgehead atoms. The average molecular weight is 390 g/mol. The number of nitrogens with one attached hydrogen (secondary N) is 1. The lowest BCUT2D eigenvalue weighted by Crippen LogP contribution is -2.18. The summed E-state index contributed by atoms with van der Waals surface area (Å²) in [6, 6.07) is 15.1. The van der Waals surface area contributed by atoms with Gasteiger partial charge < -0.3 is 11.1 Å². The van der Waals surface area contributed by atoms with Crippen LogP contribution < -0.4 is 11.1 Å². The van der Waals surface area contributed by atoms with Crippen molar-refractivity contribution in [2.75, 3.05) is 5.32 Å². The fourth-order valence-corrected chi connectivity index (χ4v) is 3.37. The number of anilines is 1. The molecule has 3 N–H and O–H groups in total. The number of carbonyl (C=O) groups is 2. The van der Waals surface area contributed by atoms with Crippen LogP contribution in [0, 0.1) is 20.8 Å². The van der Waals surface area contributed by atoms with Crippen LogP contribution in [0.15, 0.2) is 48.5 Å². The van der Waals surface area contributed by atoms with Gasteiger partial charge in [0.05, 0.1) is 23.5 Å². The third-order valence-corrected chi connectivity index (χ3v) is 5.05. The number of benzene rings is 2. The molecule has 0 fully saturated rings. The molecule has 3 rings (SSSR count). The summed E-state index contributed by atoms with van der Waals surface area (Å²) in [7, 11) is 0. The molecule has 0 radical (unpaired) electrons. The van der Waals surface area contributed by atoms with Gasteiger partial charge in [-0.3, -0.25) is 14.3 Å². The van der Waals surface area contributed by atoms with Gasteiger partial charge in [-0.2, -0.15) is 5.10 Å². The van der Waals surface area contributed by atoms with Crippen LogP contribution in [0.3, 0.4) is 0 Å². The number of amides is 2. The Morgan fingerprint density at radius 2 is 1.72 bits per heavy atom. The maximum Gasteiger partial charge on any atom is 0.250 e. The number of hydrogen-bond acceptors (Lipinski definition) is 3. The molecule has 0 aliphatic rings. The monoisotopic (exact) mass is 390 g/mol. The van der Waals surface area contributed by atoms with Crippen LogP contribution in [0.25, 0.3) is 0 Å². The van der Waals surface area contributed by atoms with Gasteiger partial charge in [0, 0.05) is 12.1 Å². The molecule has 2 aromatic carbocycles. The highest BCUT2D eigenvalue weighted by atomic mass is 16.2. The average Bonchev–Trinajstić information content (AvgIpc) is 2.95. The zero-order chi connectivity index (χ0) is 21.0. The first-order chi connectivity index (χ1) is 13.8. The molecule has 0 saturated carbocycles. The predicted octanol–water partition coefficient (Wildman–Crippen LogP) is 3.53. The Bertz CT molecular complexity index is 1040. The molecule has 1 heterocycles. The van der Waals surface area contributed by atoms with Crippen molar-refractivity contribution >= 4 is 17.5 Å². The summed E-state index contributed by atoms with van der Waals surface area (Å²) in [6.45, 7) is 6.77. The Hall–Kier alpha value is -3.41. The number of aryl methyl sites for hydroxylation is 2. The smallest absolute Gasteiger partial charge is 0.250 e. The second kappa shape index (κ2) is 8.73. The predicted molar refractivity (Wildman–Crippen MR) is 114 cm³/mol. The highest BCUT2D eigenvalue weighted by molar-refractivity contribution is 6.03. The van der Waals surface area contributed by atoms with E-state index < -0.39 is 5.91 Å². The van der Waals surface area contributed by atoms with E-state index in [1.54, 1.807) is 24.3 Å². The van der Waals surface area contributed by atoms with Crippen molar-refractivity contribution in [3.05, 3.63) is 82.2 Å². The minimum absolute atomic E-state index is 0.163. The molecule has 0 saturated heterocycles. The van der Waals surface area contributed by atoms with Crippen molar-refractivity contribution in [2.24, 2.45) is 5.73 Å². The summed E-state index contributed by atoms with van der Waals surface area (Å²) in [5.41, 5.74) is 11.6. The maximum atomic E-state index is 12.4. The Kier molecular flexibility index (Phi) is 6.12. The SMILES string of the molecule is Cc1ccc(Cn2nc(C)c(CCC(=O)Nc3ccccc3C(N)=O)c2C)cc1. The summed E-state index contributed by atoms with van der Waals surface area (Å²) >= 11 is 0. The number of para-hydroxylation sites is 1. The van der Waals surface area contributed by atoms with Gasteiger partial charge in [0.15, 0.2) is 0 Å². The second-order valence-electron chi connectivity index (χ2n) is 7.25. The van der Waals surface area contributed by atoms with E-state index in [1.165, 1.54) is 11.1 Å². The Morgan fingerprint density at radius 3 is 2.41 bits per heavy atom. The highest BCUT2D eigenvalue weighted by Gasteiger charge is 2.15. The van der Waals surface area contributed by atoms with Crippen molar-refractivity contribution in [1.29, 1.82) is 0 Å². The van der Waals surface area contributed by atoms with Crippen LogP contribution in [0.1, 0.15) is 44.9 Å². The Labute approximate surface area is 170 Å². The molecule has 6 heteroatoms. The largest absolute Gasteiger partial charge is 0.366 e. The van der Waals surface area contributed by atoms with Gasteiger partial charge in [-0.1, -0.05) is 42.0 Å². The molecule has 3 aromatic rings. The number of nitrogens with two attached hydrogens (primary N) is 1. The van der Waals surface area contributed by atoms with Crippen molar-refractivity contribution in [3.8, 4) is 0 Å². The fourth-order valence-electron chi connectivity index (χ4n) is 3.37. The van der Waals surface area contributed by atoms with Crippen LogP contribution in [0.5, 0.6) is 0 Å². The Balaban J connectivity index is 1.66. The van der Waals surface area contributed by atoms with Crippen LogP contribution in [-0.2, 0) is 17.8 Å². The second-order valence-corrected chi connectivity index (χ2v) is 7.25. The van der Waals surface area contributed by atoms with E-state index >= 15 is 0 Å². The number of hydrogen-bond donors (Lipinski definition) is 2. The molecule has 0 spiro atoms. The minimum Gasteiger partial charge on any atom is -0.366 e. The summed E-state index contributed by atoms with van der Waals surface area (Å²) < 4.78 is 1.98. The first kappa shape index (κ1) is 20.3. The molecule has 0 aliphatic heterocycles. The van der Waals surface area contributed by atoms with Gasteiger partial charge in [0.25, 0.3) is 5.91 Å². The lowest BCUT2D eigenvalue weighted by atomic mass is 10.1. The highest BCUT2D eigenvalue weighted by Crippen LogP contribution is 2.19. The molecule has 0 aliphatic carbocycles. The summed E-state index contributed by atoms with van der Waals surface area (Å²) in [5.74, 6) is -0.728. The minimum atomic E-state index is -0.565. The zero-order valence-corrected chi connectivity index (χ0v) is 17.0. The van der Waals surface area contributed by atoms with Gasteiger partial charge in [-0.15, -0.1) is 0 Å². The third-order valence-electron chi connectivity index (χ3n) is 5.05. The molecular formula is C23H26N4O2.